The van der Waals surface area contributed by atoms with Crippen LogP contribution in [0.4, 0.5) is 0 Å². The summed E-state index contributed by atoms with van der Waals surface area (Å²) in [5.74, 6) is 0. The van der Waals surface area contributed by atoms with Gasteiger partial charge in [-0.05, 0) is 31.8 Å². The number of nitrogens with zero attached hydrogens (tertiary/aromatic N) is 1. The van der Waals surface area contributed by atoms with Crippen LogP contribution in [0, 0.1) is 0 Å². The van der Waals surface area contributed by atoms with Crippen molar-refractivity contribution in [2.24, 2.45) is 0 Å². The summed E-state index contributed by atoms with van der Waals surface area (Å²) in [7, 11) is -3.57. The molecule has 2 aromatic heterocycles. The fraction of sp³-hybridized carbons (Fsp3) is 0.462. The first-order chi connectivity index (χ1) is 9.87. The molecular weight excluding hydrogens is 326 g/mol. The zero-order valence-electron chi connectivity index (χ0n) is 12.2. The van der Waals surface area contributed by atoms with Crippen LogP contribution in [-0.2, 0) is 22.1 Å². The van der Waals surface area contributed by atoms with Crippen LogP contribution >= 0.6 is 22.7 Å². The van der Waals surface area contributed by atoms with Crippen LogP contribution < -0.4 is 10.0 Å². The van der Waals surface area contributed by atoms with Gasteiger partial charge in [-0.1, -0.05) is 6.92 Å². The summed E-state index contributed by atoms with van der Waals surface area (Å²) < 4.78 is 28.0. The Kier molecular flexibility index (Phi) is 5.15. The van der Waals surface area contributed by atoms with Crippen LogP contribution in [0.25, 0.3) is 0 Å². The minimum absolute atomic E-state index is 0.345. The lowest BCUT2D eigenvalue weighted by Gasteiger charge is -2.23. The lowest BCUT2D eigenvalue weighted by atomic mass is 10.1. The van der Waals surface area contributed by atoms with E-state index in [-0.39, 0.29) is 0 Å². The highest BCUT2D eigenvalue weighted by Crippen LogP contribution is 2.27. The highest BCUT2D eigenvalue weighted by atomic mass is 32.2. The lowest BCUT2D eigenvalue weighted by molar-refractivity contribution is 0.469. The van der Waals surface area contributed by atoms with Gasteiger partial charge in [-0.2, -0.15) is 4.72 Å². The van der Waals surface area contributed by atoms with E-state index in [9.17, 15) is 8.42 Å². The molecule has 21 heavy (non-hydrogen) atoms. The van der Waals surface area contributed by atoms with Crippen molar-refractivity contribution in [1.82, 2.24) is 15.0 Å². The van der Waals surface area contributed by atoms with Crippen LogP contribution in [-0.4, -0.2) is 19.9 Å². The number of hydrogen-bond donors (Lipinski definition) is 2. The molecule has 0 saturated carbocycles. The van der Waals surface area contributed by atoms with Crippen LogP contribution in [0.1, 0.15) is 30.7 Å². The summed E-state index contributed by atoms with van der Waals surface area (Å²) in [6.45, 7) is 6.99. The Morgan fingerprint density at radius 3 is 2.67 bits per heavy atom. The monoisotopic (exact) mass is 345 g/mol. The number of nitrogens with one attached hydrogen (secondary N) is 2. The van der Waals surface area contributed by atoms with Gasteiger partial charge in [0, 0.05) is 23.0 Å². The molecule has 0 bridgehead atoms. The van der Waals surface area contributed by atoms with Crippen LogP contribution in [0.3, 0.4) is 0 Å². The van der Waals surface area contributed by atoms with E-state index >= 15 is 0 Å². The van der Waals surface area contributed by atoms with Gasteiger partial charge in [0.1, 0.15) is 5.01 Å². The number of thiazole rings is 1. The quantitative estimate of drug-likeness (QED) is 0.809. The first-order valence-electron chi connectivity index (χ1n) is 6.58. The second kappa shape index (κ2) is 6.53. The van der Waals surface area contributed by atoms with Crippen molar-refractivity contribution in [3.8, 4) is 0 Å². The van der Waals surface area contributed by atoms with Gasteiger partial charge in [-0.15, -0.1) is 22.7 Å². The Balaban J connectivity index is 2.25. The molecule has 0 aliphatic heterocycles. The summed E-state index contributed by atoms with van der Waals surface area (Å²) in [4.78, 5) is 5.37. The number of aromatic nitrogens is 1. The van der Waals surface area contributed by atoms with Gasteiger partial charge in [-0.3, -0.25) is 0 Å². The van der Waals surface area contributed by atoms with Gasteiger partial charge in [0.25, 0.3) is 0 Å². The maximum Gasteiger partial charge on any atom is 0.242 e. The van der Waals surface area contributed by atoms with Crippen molar-refractivity contribution in [2.45, 2.75) is 37.8 Å². The number of sulfonamides is 1. The molecule has 2 aromatic rings. The van der Waals surface area contributed by atoms with E-state index in [0.29, 0.717) is 11.4 Å². The zero-order chi connectivity index (χ0) is 15.5. The molecule has 0 spiro atoms. The summed E-state index contributed by atoms with van der Waals surface area (Å²) in [5, 5.41) is 7.55. The summed E-state index contributed by atoms with van der Waals surface area (Å²) in [5.41, 5.74) is -0.732. The molecular formula is C13H19N3O2S3. The van der Waals surface area contributed by atoms with E-state index in [0.717, 1.165) is 16.4 Å². The van der Waals surface area contributed by atoms with Gasteiger partial charge in [0.2, 0.25) is 10.0 Å². The summed E-state index contributed by atoms with van der Waals surface area (Å²) >= 11 is 2.88. The Bertz CT molecular complexity index is 675. The van der Waals surface area contributed by atoms with E-state index in [1.54, 1.807) is 17.6 Å². The zero-order valence-corrected chi connectivity index (χ0v) is 14.7. The molecule has 0 fully saturated rings. The molecule has 0 atom stereocenters. The van der Waals surface area contributed by atoms with Crippen LogP contribution in [0.2, 0.25) is 0 Å². The Morgan fingerprint density at radius 2 is 2.05 bits per heavy atom. The molecule has 0 unspecified atom stereocenters. The fourth-order valence-corrected chi connectivity index (χ4v) is 5.48. The molecule has 0 amide bonds. The number of rotatable bonds is 7. The largest absolute Gasteiger partial charge is 0.312 e. The Labute approximate surface area is 133 Å². The van der Waals surface area contributed by atoms with E-state index in [2.05, 4.69) is 15.0 Å². The second-order valence-electron chi connectivity index (χ2n) is 5.06. The van der Waals surface area contributed by atoms with E-state index in [4.69, 9.17) is 0 Å². The van der Waals surface area contributed by atoms with Crippen molar-refractivity contribution in [3.63, 3.8) is 0 Å². The average molecular weight is 346 g/mol. The predicted octanol–water partition coefficient (Wildman–Crippen LogP) is 2.53. The van der Waals surface area contributed by atoms with Crippen molar-refractivity contribution in [2.75, 3.05) is 6.54 Å². The molecule has 0 saturated heterocycles. The minimum Gasteiger partial charge on any atom is -0.312 e. The molecule has 0 aliphatic carbocycles. The normalized spacial score (nSPS) is 12.7. The van der Waals surface area contributed by atoms with Gasteiger partial charge in [0.05, 0.1) is 10.4 Å². The van der Waals surface area contributed by atoms with E-state index in [1.165, 1.54) is 22.7 Å². The smallest absolute Gasteiger partial charge is 0.242 e. The van der Waals surface area contributed by atoms with Crippen molar-refractivity contribution in [3.05, 3.63) is 32.9 Å². The maximum atomic E-state index is 12.6. The molecule has 0 aromatic carbocycles. The third kappa shape index (κ3) is 3.89. The number of hydrogen-bond acceptors (Lipinski definition) is 6. The van der Waals surface area contributed by atoms with Crippen LogP contribution in [0.5, 0.6) is 0 Å². The highest BCUT2D eigenvalue weighted by Gasteiger charge is 2.31. The topological polar surface area (TPSA) is 71.1 Å². The Morgan fingerprint density at radius 1 is 1.29 bits per heavy atom. The molecule has 2 heterocycles. The molecule has 0 aliphatic rings. The standard InChI is InChI=1S/C13H19N3O2S3/c1-4-14-9-10-11(5-7-19-10)21(17,18)16-13(2,3)12-15-6-8-20-12/h5-8,14,16H,4,9H2,1-3H3. The van der Waals surface area contributed by atoms with Gasteiger partial charge in [-0.25, -0.2) is 13.4 Å². The first kappa shape index (κ1) is 16.6. The molecule has 0 radical (unpaired) electrons. The Hall–Kier alpha value is -0.800. The van der Waals surface area contributed by atoms with Crippen LogP contribution in [0.15, 0.2) is 27.9 Å². The first-order valence-corrected chi connectivity index (χ1v) is 9.82. The van der Waals surface area contributed by atoms with E-state index < -0.39 is 15.6 Å². The maximum absolute atomic E-state index is 12.6. The third-order valence-corrected chi connectivity index (χ3v) is 6.77. The van der Waals surface area contributed by atoms with Gasteiger partial charge < -0.3 is 5.32 Å². The predicted molar refractivity (Wildman–Crippen MR) is 87.2 cm³/mol. The molecule has 116 valence electrons. The molecule has 8 heteroatoms. The minimum atomic E-state index is -3.57. The lowest BCUT2D eigenvalue weighted by Crippen LogP contribution is -2.41. The number of thiophene rings is 1. The molecule has 2 N–H and O–H groups in total. The van der Waals surface area contributed by atoms with Crippen molar-refractivity contribution in [1.29, 1.82) is 0 Å². The fourth-order valence-electron chi connectivity index (χ4n) is 1.90. The van der Waals surface area contributed by atoms with Gasteiger partial charge >= 0.3 is 0 Å². The highest BCUT2D eigenvalue weighted by molar-refractivity contribution is 7.89. The SMILES string of the molecule is CCNCc1sccc1S(=O)(=O)NC(C)(C)c1nccs1. The summed E-state index contributed by atoms with van der Waals surface area (Å²) in [6, 6.07) is 1.65. The molecule has 2 rings (SSSR count). The second-order valence-corrected chi connectivity index (χ2v) is 8.60. The van der Waals surface area contributed by atoms with Crippen molar-refractivity contribution < 1.29 is 8.42 Å². The third-order valence-electron chi connectivity index (χ3n) is 2.89. The van der Waals surface area contributed by atoms with Gasteiger partial charge in [0.15, 0.2) is 0 Å². The molecule has 5 nitrogen and oxygen atoms in total. The average Bonchev–Trinajstić information content (AvgIpc) is 3.06. The summed E-state index contributed by atoms with van der Waals surface area (Å²) in [6.07, 6.45) is 1.68. The van der Waals surface area contributed by atoms with Crippen molar-refractivity contribution >= 4 is 32.7 Å². The van der Waals surface area contributed by atoms with E-state index in [1.807, 2.05) is 26.2 Å².